The zero-order valence-corrected chi connectivity index (χ0v) is 16.2. The Bertz CT molecular complexity index is 821. The lowest BCUT2D eigenvalue weighted by atomic mass is 10.1. The summed E-state index contributed by atoms with van der Waals surface area (Å²) in [5.41, 5.74) is 3.65. The lowest BCUT2D eigenvalue weighted by molar-refractivity contribution is -0.744. The number of nitrogens with zero attached hydrogens (tertiary/aromatic N) is 3. The number of morpholine rings is 1. The van der Waals surface area contributed by atoms with E-state index < -0.39 is 0 Å². The van der Waals surface area contributed by atoms with Gasteiger partial charge >= 0.3 is 0 Å². The minimum atomic E-state index is 0. The molecule has 0 unspecified atom stereocenters. The van der Waals surface area contributed by atoms with Crippen molar-refractivity contribution in [3.05, 3.63) is 78.5 Å². The molecule has 0 N–H and O–H groups in total. The van der Waals surface area contributed by atoms with Crippen LogP contribution in [0.1, 0.15) is 5.56 Å². The molecule has 1 saturated heterocycles. The SMILES string of the molecule is [Br-].c1ccc(C[n+]2cc(-c3ccccc3)cc(N3CCOCC3)n2)cc1. The normalized spacial score (nSPS) is 13.9. The molecule has 0 aliphatic carbocycles. The Morgan fingerprint density at radius 2 is 1.54 bits per heavy atom. The Morgan fingerprint density at radius 3 is 2.23 bits per heavy atom. The van der Waals surface area contributed by atoms with Gasteiger partial charge in [0.1, 0.15) is 0 Å². The largest absolute Gasteiger partial charge is 1.00 e. The minimum Gasteiger partial charge on any atom is -1.00 e. The number of ether oxygens (including phenoxy) is 1. The quantitative estimate of drug-likeness (QED) is 0.562. The van der Waals surface area contributed by atoms with Crippen molar-refractivity contribution in [3.8, 4) is 11.1 Å². The highest BCUT2D eigenvalue weighted by atomic mass is 79.9. The van der Waals surface area contributed by atoms with Gasteiger partial charge in [-0.05, 0) is 5.56 Å². The smallest absolute Gasteiger partial charge is 0.204 e. The lowest BCUT2D eigenvalue weighted by Gasteiger charge is -2.26. The van der Waals surface area contributed by atoms with E-state index in [-0.39, 0.29) is 17.0 Å². The van der Waals surface area contributed by atoms with Gasteiger partial charge < -0.3 is 26.6 Å². The van der Waals surface area contributed by atoms with Crippen molar-refractivity contribution in [2.75, 3.05) is 31.2 Å². The van der Waals surface area contributed by atoms with E-state index in [1.807, 2.05) is 16.8 Å². The monoisotopic (exact) mass is 411 g/mol. The molecule has 1 aliphatic heterocycles. The molecule has 3 aromatic rings. The molecule has 0 radical (unpaired) electrons. The summed E-state index contributed by atoms with van der Waals surface area (Å²) in [6, 6.07) is 23.1. The van der Waals surface area contributed by atoms with Crippen LogP contribution in [0.15, 0.2) is 72.9 Å². The van der Waals surface area contributed by atoms with E-state index in [0.717, 1.165) is 38.7 Å². The third-order valence-electron chi connectivity index (χ3n) is 4.43. The van der Waals surface area contributed by atoms with Crippen LogP contribution in [-0.4, -0.2) is 31.4 Å². The Hall–Kier alpha value is -2.24. The zero-order valence-electron chi connectivity index (χ0n) is 14.6. The van der Waals surface area contributed by atoms with Gasteiger partial charge in [0.25, 0.3) is 0 Å². The van der Waals surface area contributed by atoms with Gasteiger partial charge in [-0.2, -0.15) is 0 Å². The molecule has 1 aromatic heterocycles. The first-order valence-electron chi connectivity index (χ1n) is 8.72. The van der Waals surface area contributed by atoms with Crippen molar-refractivity contribution >= 4 is 5.82 Å². The minimum absolute atomic E-state index is 0. The number of hydrogen-bond acceptors (Lipinski definition) is 3. The zero-order chi connectivity index (χ0) is 16.9. The van der Waals surface area contributed by atoms with Crippen molar-refractivity contribution < 1.29 is 26.4 Å². The first kappa shape index (κ1) is 18.5. The van der Waals surface area contributed by atoms with E-state index in [9.17, 15) is 0 Å². The summed E-state index contributed by atoms with van der Waals surface area (Å²) in [6.45, 7) is 4.05. The van der Waals surface area contributed by atoms with Gasteiger partial charge in [-0.3, -0.25) is 0 Å². The van der Waals surface area contributed by atoms with Crippen molar-refractivity contribution in [2.24, 2.45) is 0 Å². The molecule has 0 bridgehead atoms. The first-order valence-corrected chi connectivity index (χ1v) is 8.72. The molecule has 1 fully saturated rings. The Morgan fingerprint density at radius 1 is 0.885 bits per heavy atom. The number of anilines is 1. The fourth-order valence-electron chi connectivity index (χ4n) is 3.11. The Kier molecular flexibility index (Phi) is 6.36. The maximum atomic E-state index is 5.49. The molecule has 0 amide bonds. The summed E-state index contributed by atoms with van der Waals surface area (Å²) in [7, 11) is 0. The van der Waals surface area contributed by atoms with E-state index >= 15 is 0 Å². The standard InChI is InChI=1S/C21H22N3O.BrH/c1-3-7-18(8-4-1)16-24-17-20(19-9-5-2-6-10-19)15-21(22-24)23-11-13-25-14-12-23;/h1-10,15,17H,11-14,16H2;1H/q+1;/p-1. The van der Waals surface area contributed by atoms with Gasteiger partial charge in [0.2, 0.25) is 6.20 Å². The molecule has 0 spiro atoms. The third kappa shape index (κ3) is 4.48. The molecule has 134 valence electrons. The maximum Gasteiger partial charge on any atom is 0.204 e. The van der Waals surface area contributed by atoms with Crippen LogP contribution in [0.25, 0.3) is 11.1 Å². The molecule has 0 saturated carbocycles. The second kappa shape index (κ2) is 8.92. The van der Waals surface area contributed by atoms with Crippen LogP contribution in [0.2, 0.25) is 0 Å². The summed E-state index contributed by atoms with van der Waals surface area (Å²) in [5.74, 6) is 1.01. The lowest BCUT2D eigenvalue weighted by Crippen LogP contribution is -3.00. The van der Waals surface area contributed by atoms with Crippen molar-refractivity contribution in [2.45, 2.75) is 6.54 Å². The van der Waals surface area contributed by atoms with Gasteiger partial charge in [-0.15, -0.1) is 0 Å². The van der Waals surface area contributed by atoms with Gasteiger partial charge in [-0.1, -0.05) is 65.3 Å². The van der Waals surface area contributed by atoms with Gasteiger partial charge in [0, 0.05) is 29.8 Å². The first-order chi connectivity index (χ1) is 12.4. The van der Waals surface area contributed by atoms with Gasteiger partial charge in [0.05, 0.1) is 18.8 Å². The number of rotatable bonds is 4. The number of benzene rings is 2. The van der Waals surface area contributed by atoms with E-state index in [1.165, 1.54) is 16.7 Å². The molecule has 2 heterocycles. The maximum absolute atomic E-state index is 5.49. The second-order valence-electron chi connectivity index (χ2n) is 6.24. The van der Waals surface area contributed by atoms with Crippen molar-refractivity contribution in [3.63, 3.8) is 0 Å². The summed E-state index contributed by atoms with van der Waals surface area (Å²) in [4.78, 5) is 2.30. The molecule has 5 heteroatoms. The van der Waals surface area contributed by atoms with Gasteiger partial charge in [-0.25, -0.2) is 0 Å². The average Bonchev–Trinajstić information content (AvgIpc) is 2.70. The van der Waals surface area contributed by atoms with Gasteiger partial charge in [0.15, 0.2) is 12.4 Å². The predicted molar refractivity (Wildman–Crippen MR) is 98.4 cm³/mol. The fourth-order valence-corrected chi connectivity index (χ4v) is 3.11. The summed E-state index contributed by atoms with van der Waals surface area (Å²) in [6.07, 6.45) is 2.13. The fraction of sp³-hybridized carbons (Fsp3) is 0.238. The van der Waals surface area contributed by atoms with Crippen LogP contribution in [0.4, 0.5) is 5.82 Å². The highest BCUT2D eigenvalue weighted by Gasteiger charge is 2.19. The molecule has 26 heavy (non-hydrogen) atoms. The number of aromatic nitrogens is 2. The summed E-state index contributed by atoms with van der Waals surface area (Å²) >= 11 is 0. The molecule has 4 rings (SSSR count). The van der Waals surface area contributed by atoms with Crippen molar-refractivity contribution in [1.82, 2.24) is 5.10 Å². The highest BCUT2D eigenvalue weighted by molar-refractivity contribution is 5.64. The molecule has 0 atom stereocenters. The number of hydrogen-bond donors (Lipinski definition) is 0. The van der Waals surface area contributed by atoms with Crippen LogP contribution < -0.4 is 26.6 Å². The van der Waals surface area contributed by atoms with E-state index in [2.05, 4.69) is 65.7 Å². The summed E-state index contributed by atoms with van der Waals surface area (Å²) < 4.78 is 7.53. The number of halogens is 1. The molecular formula is C21H22BrN3O. The predicted octanol–water partition coefficient (Wildman–Crippen LogP) is -0.0750. The molecule has 2 aromatic carbocycles. The Labute approximate surface area is 164 Å². The summed E-state index contributed by atoms with van der Waals surface area (Å²) in [5, 5.41) is 4.86. The second-order valence-corrected chi connectivity index (χ2v) is 6.24. The van der Waals surface area contributed by atoms with Crippen LogP contribution >= 0.6 is 0 Å². The van der Waals surface area contributed by atoms with Crippen LogP contribution in [0, 0.1) is 0 Å². The average molecular weight is 412 g/mol. The van der Waals surface area contributed by atoms with E-state index in [1.54, 1.807) is 0 Å². The van der Waals surface area contributed by atoms with Crippen LogP contribution in [0.3, 0.4) is 0 Å². The van der Waals surface area contributed by atoms with Crippen molar-refractivity contribution in [1.29, 1.82) is 0 Å². The molecule has 1 aliphatic rings. The van der Waals surface area contributed by atoms with Crippen LogP contribution in [0.5, 0.6) is 0 Å². The molecular weight excluding hydrogens is 390 g/mol. The van der Waals surface area contributed by atoms with E-state index in [4.69, 9.17) is 9.84 Å². The topological polar surface area (TPSA) is 29.2 Å². The molecule has 4 nitrogen and oxygen atoms in total. The highest BCUT2D eigenvalue weighted by Crippen LogP contribution is 2.22. The third-order valence-corrected chi connectivity index (χ3v) is 4.43. The Balaban J connectivity index is 0.00000196. The van der Waals surface area contributed by atoms with Crippen LogP contribution in [-0.2, 0) is 11.3 Å². The van der Waals surface area contributed by atoms with E-state index in [0.29, 0.717) is 0 Å².